The average molecular weight is 304 g/mol. The molecule has 112 valence electrons. The first-order valence-corrected chi connectivity index (χ1v) is 8.15. The highest BCUT2D eigenvalue weighted by molar-refractivity contribution is 7.92. The molecule has 0 heterocycles. The minimum absolute atomic E-state index is 0.297. The topological polar surface area (TPSA) is 63.4 Å². The van der Waals surface area contributed by atoms with Crippen molar-refractivity contribution in [2.75, 3.05) is 11.4 Å². The van der Waals surface area contributed by atoms with Crippen LogP contribution in [0.1, 0.15) is 16.7 Å². The number of hydrogen-bond acceptors (Lipinski definition) is 3. The van der Waals surface area contributed by atoms with Crippen molar-refractivity contribution in [3.05, 3.63) is 59.2 Å². The van der Waals surface area contributed by atoms with Gasteiger partial charge in [-0.25, -0.2) is 8.42 Å². The van der Waals surface area contributed by atoms with Crippen LogP contribution in [0.4, 0.5) is 5.69 Å². The Bertz CT molecular complexity index is 755. The van der Waals surface area contributed by atoms with Gasteiger partial charge in [-0.1, -0.05) is 18.2 Å². The molecular formula is C16H20N2O2S. The van der Waals surface area contributed by atoms with E-state index in [1.807, 2.05) is 32.0 Å². The summed E-state index contributed by atoms with van der Waals surface area (Å²) in [5.74, 6) is 0. The highest BCUT2D eigenvalue weighted by Crippen LogP contribution is 2.24. The number of aryl methyl sites for hydroxylation is 2. The Kier molecular flexibility index (Phi) is 4.34. The number of benzene rings is 2. The maximum atomic E-state index is 12.7. The number of rotatable bonds is 4. The molecule has 4 nitrogen and oxygen atoms in total. The standard InChI is InChI=1S/C16H20N2O2S/c1-12-7-8-16(9-13(12)2)21(19,20)18(3)15-6-4-5-14(10-15)11-17/h4-10H,11,17H2,1-3H3. The molecule has 0 aliphatic carbocycles. The van der Waals surface area contributed by atoms with Gasteiger partial charge in [0.25, 0.3) is 10.0 Å². The van der Waals surface area contributed by atoms with E-state index in [9.17, 15) is 8.42 Å². The van der Waals surface area contributed by atoms with Gasteiger partial charge in [0.15, 0.2) is 0 Å². The van der Waals surface area contributed by atoms with Gasteiger partial charge in [-0.05, 0) is 54.8 Å². The Morgan fingerprint density at radius 3 is 2.38 bits per heavy atom. The molecule has 0 spiro atoms. The van der Waals surface area contributed by atoms with Gasteiger partial charge in [-0.15, -0.1) is 0 Å². The van der Waals surface area contributed by atoms with E-state index in [-0.39, 0.29) is 0 Å². The zero-order chi connectivity index (χ0) is 15.6. The third kappa shape index (κ3) is 3.09. The van der Waals surface area contributed by atoms with Gasteiger partial charge in [0, 0.05) is 13.6 Å². The maximum absolute atomic E-state index is 12.7. The SMILES string of the molecule is Cc1ccc(S(=O)(=O)N(C)c2cccc(CN)c2)cc1C. The fourth-order valence-electron chi connectivity index (χ4n) is 2.05. The van der Waals surface area contributed by atoms with Crippen molar-refractivity contribution >= 4 is 15.7 Å². The second kappa shape index (κ2) is 5.87. The van der Waals surface area contributed by atoms with E-state index in [4.69, 9.17) is 5.73 Å². The monoisotopic (exact) mass is 304 g/mol. The summed E-state index contributed by atoms with van der Waals surface area (Å²) in [4.78, 5) is 0.297. The van der Waals surface area contributed by atoms with Crippen LogP contribution < -0.4 is 10.0 Å². The summed E-state index contributed by atoms with van der Waals surface area (Å²) in [5.41, 5.74) is 9.14. The molecule has 0 saturated carbocycles. The van der Waals surface area contributed by atoms with Gasteiger partial charge in [0.05, 0.1) is 10.6 Å². The van der Waals surface area contributed by atoms with E-state index in [1.54, 1.807) is 31.3 Å². The number of nitrogens with two attached hydrogens (primary N) is 1. The summed E-state index contributed by atoms with van der Waals surface area (Å²) in [6.45, 7) is 4.24. The minimum atomic E-state index is -3.56. The second-order valence-corrected chi connectivity index (χ2v) is 7.06. The Morgan fingerprint density at radius 2 is 1.76 bits per heavy atom. The predicted molar refractivity (Wildman–Crippen MR) is 85.8 cm³/mol. The summed E-state index contributed by atoms with van der Waals surface area (Å²) in [6, 6.07) is 12.4. The molecular weight excluding hydrogens is 284 g/mol. The van der Waals surface area contributed by atoms with Crippen LogP contribution in [0.25, 0.3) is 0 Å². The molecule has 21 heavy (non-hydrogen) atoms. The molecule has 0 unspecified atom stereocenters. The number of anilines is 1. The maximum Gasteiger partial charge on any atom is 0.264 e. The van der Waals surface area contributed by atoms with Gasteiger partial charge in [-0.3, -0.25) is 4.31 Å². The zero-order valence-corrected chi connectivity index (χ0v) is 13.3. The number of nitrogens with zero attached hydrogens (tertiary/aromatic N) is 1. The van der Waals surface area contributed by atoms with Crippen LogP contribution in [-0.2, 0) is 16.6 Å². The van der Waals surface area contributed by atoms with Crippen LogP contribution >= 0.6 is 0 Å². The summed E-state index contributed by atoms with van der Waals surface area (Å²) in [5, 5.41) is 0. The second-order valence-electron chi connectivity index (χ2n) is 5.09. The average Bonchev–Trinajstić information content (AvgIpc) is 2.49. The molecule has 0 radical (unpaired) electrons. The summed E-state index contributed by atoms with van der Waals surface area (Å²) < 4.78 is 26.7. The van der Waals surface area contributed by atoms with Gasteiger partial charge in [-0.2, -0.15) is 0 Å². The first-order valence-electron chi connectivity index (χ1n) is 6.71. The van der Waals surface area contributed by atoms with E-state index in [2.05, 4.69) is 0 Å². The predicted octanol–water partition coefficient (Wildman–Crippen LogP) is 2.59. The lowest BCUT2D eigenvalue weighted by Gasteiger charge is -2.20. The van der Waals surface area contributed by atoms with Crippen molar-refractivity contribution in [3.8, 4) is 0 Å². The highest BCUT2D eigenvalue weighted by atomic mass is 32.2. The molecule has 0 saturated heterocycles. The van der Waals surface area contributed by atoms with Gasteiger partial charge >= 0.3 is 0 Å². The molecule has 2 rings (SSSR count). The molecule has 0 atom stereocenters. The lowest BCUT2D eigenvalue weighted by molar-refractivity contribution is 0.594. The van der Waals surface area contributed by atoms with Gasteiger partial charge < -0.3 is 5.73 Å². The van der Waals surface area contributed by atoms with Crippen LogP contribution in [0, 0.1) is 13.8 Å². The quantitative estimate of drug-likeness (QED) is 0.944. The fraction of sp³-hybridized carbons (Fsp3) is 0.250. The lowest BCUT2D eigenvalue weighted by Crippen LogP contribution is -2.26. The van der Waals surface area contributed by atoms with Crippen LogP contribution in [0.15, 0.2) is 47.4 Å². The van der Waals surface area contributed by atoms with E-state index >= 15 is 0 Å². The van der Waals surface area contributed by atoms with E-state index in [0.717, 1.165) is 16.7 Å². The third-order valence-corrected chi connectivity index (χ3v) is 5.43. The number of sulfonamides is 1. The largest absolute Gasteiger partial charge is 0.326 e. The van der Waals surface area contributed by atoms with Crippen LogP contribution in [0.2, 0.25) is 0 Å². The molecule has 0 fully saturated rings. The molecule has 0 aliphatic heterocycles. The Balaban J connectivity index is 2.44. The molecule has 0 amide bonds. The molecule has 2 aromatic carbocycles. The minimum Gasteiger partial charge on any atom is -0.326 e. The summed E-state index contributed by atoms with van der Waals surface area (Å²) in [7, 11) is -2.01. The van der Waals surface area contributed by atoms with Crippen molar-refractivity contribution in [2.24, 2.45) is 5.73 Å². The number of hydrogen-bond donors (Lipinski definition) is 1. The lowest BCUT2D eigenvalue weighted by atomic mass is 10.1. The van der Waals surface area contributed by atoms with Crippen molar-refractivity contribution in [3.63, 3.8) is 0 Å². The smallest absolute Gasteiger partial charge is 0.264 e. The van der Waals surface area contributed by atoms with E-state index in [0.29, 0.717) is 17.1 Å². The Morgan fingerprint density at radius 1 is 1.05 bits per heavy atom. The zero-order valence-electron chi connectivity index (χ0n) is 12.5. The first kappa shape index (κ1) is 15.5. The van der Waals surface area contributed by atoms with Crippen LogP contribution in [0.3, 0.4) is 0 Å². The highest BCUT2D eigenvalue weighted by Gasteiger charge is 2.21. The molecule has 0 aliphatic rings. The normalized spacial score (nSPS) is 11.4. The summed E-state index contributed by atoms with van der Waals surface area (Å²) in [6.07, 6.45) is 0. The Labute approximate surface area is 126 Å². The van der Waals surface area contributed by atoms with E-state index < -0.39 is 10.0 Å². The molecule has 0 aromatic heterocycles. The van der Waals surface area contributed by atoms with Crippen molar-refractivity contribution in [2.45, 2.75) is 25.3 Å². The van der Waals surface area contributed by atoms with Crippen molar-refractivity contribution < 1.29 is 8.42 Å². The molecule has 2 N–H and O–H groups in total. The van der Waals surface area contributed by atoms with Crippen LogP contribution in [-0.4, -0.2) is 15.5 Å². The molecule has 2 aromatic rings. The van der Waals surface area contributed by atoms with Gasteiger partial charge in [0.2, 0.25) is 0 Å². The summed E-state index contributed by atoms with van der Waals surface area (Å²) >= 11 is 0. The van der Waals surface area contributed by atoms with E-state index in [1.165, 1.54) is 4.31 Å². The fourth-order valence-corrected chi connectivity index (χ4v) is 3.32. The van der Waals surface area contributed by atoms with Crippen LogP contribution in [0.5, 0.6) is 0 Å². The third-order valence-electron chi connectivity index (χ3n) is 3.65. The van der Waals surface area contributed by atoms with Crippen molar-refractivity contribution in [1.82, 2.24) is 0 Å². The first-order chi connectivity index (χ1) is 9.86. The molecule has 5 heteroatoms. The Hall–Kier alpha value is -1.85. The van der Waals surface area contributed by atoms with Gasteiger partial charge in [0.1, 0.15) is 0 Å². The van der Waals surface area contributed by atoms with Crippen molar-refractivity contribution in [1.29, 1.82) is 0 Å². The molecule has 0 bridgehead atoms.